The van der Waals surface area contributed by atoms with Crippen LogP contribution in [0.1, 0.15) is 25.2 Å². The van der Waals surface area contributed by atoms with Gasteiger partial charge >= 0.3 is 0 Å². The summed E-state index contributed by atoms with van der Waals surface area (Å²) in [7, 11) is 1.64. The molecule has 36 heavy (non-hydrogen) atoms. The van der Waals surface area contributed by atoms with Gasteiger partial charge in [0.15, 0.2) is 11.5 Å². The third-order valence-electron chi connectivity index (χ3n) is 6.18. The zero-order valence-electron chi connectivity index (χ0n) is 20.5. The van der Waals surface area contributed by atoms with Crippen LogP contribution in [0.25, 0.3) is 22.4 Å². The van der Waals surface area contributed by atoms with Crippen molar-refractivity contribution in [3.05, 3.63) is 71.1 Å². The van der Waals surface area contributed by atoms with Gasteiger partial charge in [0.1, 0.15) is 18.1 Å². The van der Waals surface area contributed by atoms with Gasteiger partial charge in [-0.1, -0.05) is 37.6 Å². The molecule has 3 aromatic heterocycles. The maximum Gasteiger partial charge on any atom is 0.165 e. The average Bonchev–Trinajstić information content (AvgIpc) is 3.73. The van der Waals surface area contributed by atoms with Crippen LogP contribution in [0.4, 0.5) is 11.5 Å². The molecule has 0 aliphatic carbocycles. The Labute approximate surface area is 214 Å². The lowest BCUT2D eigenvalue weighted by atomic mass is 9.82. The predicted molar refractivity (Wildman–Crippen MR) is 142 cm³/mol. The number of nitrogens with one attached hydrogen (secondary N) is 1. The van der Waals surface area contributed by atoms with Gasteiger partial charge in [-0.3, -0.25) is 9.98 Å². The van der Waals surface area contributed by atoms with Crippen molar-refractivity contribution >= 4 is 39.9 Å². The van der Waals surface area contributed by atoms with E-state index in [-0.39, 0.29) is 12.0 Å². The van der Waals surface area contributed by atoms with Crippen LogP contribution >= 0.6 is 11.6 Å². The number of halogens is 1. The first-order chi connectivity index (χ1) is 17.5. The van der Waals surface area contributed by atoms with E-state index in [1.54, 1.807) is 25.4 Å². The van der Waals surface area contributed by atoms with Crippen LogP contribution in [-0.2, 0) is 21.5 Å². The standard InChI is InChI=1S/C27H27ClN6O2/c1-27(2,22-15-30-22)17-6-8-18(9-7-17)31-25-19-10-11-21(24-20(28)5-4-12-29-24)32-26(19)34-23(33-25)16-36-14-13-35-3/h4-12H,13-16H2,1-3H3,(H,31,32,33,34). The molecular formula is C27H27ClN6O2. The van der Waals surface area contributed by atoms with Crippen LogP contribution in [0.2, 0.25) is 5.02 Å². The number of rotatable bonds is 10. The molecule has 0 spiro atoms. The van der Waals surface area contributed by atoms with Crippen molar-refractivity contribution in [2.45, 2.75) is 25.9 Å². The van der Waals surface area contributed by atoms with E-state index in [1.807, 2.05) is 12.1 Å². The van der Waals surface area contributed by atoms with E-state index in [2.05, 4.69) is 58.4 Å². The number of aromatic nitrogens is 4. The second-order valence-corrected chi connectivity index (χ2v) is 9.43. The predicted octanol–water partition coefficient (Wildman–Crippen LogP) is 5.38. The molecule has 9 heteroatoms. The Balaban J connectivity index is 1.48. The van der Waals surface area contributed by atoms with Crippen LogP contribution in [0.3, 0.4) is 0 Å². The first-order valence-corrected chi connectivity index (χ1v) is 12.1. The highest BCUT2D eigenvalue weighted by Gasteiger charge is 2.32. The summed E-state index contributed by atoms with van der Waals surface area (Å²) >= 11 is 6.36. The lowest BCUT2D eigenvalue weighted by Crippen LogP contribution is -2.23. The van der Waals surface area contributed by atoms with Gasteiger partial charge in [-0.2, -0.15) is 0 Å². The normalized spacial score (nSPS) is 13.1. The van der Waals surface area contributed by atoms with E-state index in [0.717, 1.165) is 17.6 Å². The molecule has 0 saturated carbocycles. The number of hydrogen-bond donors (Lipinski definition) is 1. The second-order valence-electron chi connectivity index (χ2n) is 9.03. The van der Waals surface area contributed by atoms with E-state index in [0.29, 0.717) is 46.9 Å². The fourth-order valence-electron chi connectivity index (χ4n) is 3.93. The van der Waals surface area contributed by atoms with Gasteiger partial charge in [0.05, 0.1) is 35.9 Å². The number of ether oxygens (including phenoxy) is 2. The highest BCUT2D eigenvalue weighted by Crippen LogP contribution is 2.32. The van der Waals surface area contributed by atoms with Crippen molar-refractivity contribution < 1.29 is 9.47 Å². The van der Waals surface area contributed by atoms with Gasteiger partial charge in [-0.15, -0.1) is 0 Å². The Kier molecular flexibility index (Phi) is 6.91. The molecule has 8 nitrogen and oxygen atoms in total. The molecule has 0 bridgehead atoms. The number of nitrogens with zero attached hydrogens (tertiary/aromatic N) is 5. The fourth-order valence-corrected chi connectivity index (χ4v) is 4.15. The molecule has 0 atom stereocenters. The summed E-state index contributed by atoms with van der Waals surface area (Å²) in [5.41, 5.74) is 5.08. The number of benzene rings is 1. The Hall–Kier alpha value is -3.46. The molecular weight excluding hydrogens is 476 g/mol. The fraction of sp³-hybridized carbons (Fsp3) is 0.296. The largest absolute Gasteiger partial charge is 0.382 e. The zero-order valence-corrected chi connectivity index (χ0v) is 21.2. The molecule has 4 aromatic rings. The molecule has 0 saturated heterocycles. The molecule has 4 heterocycles. The summed E-state index contributed by atoms with van der Waals surface area (Å²) in [6.45, 7) is 6.43. The Morgan fingerprint density at radius 2 is 1.81 bits per heavy atom. The summed E-state index contributed by atoms with van der Waals surface area (Å²) in [5.74, 6) is 1.16. The molecule has 1 aliphatic heterocycles. The van der Waals surface area contributed by atoms with Crippen molar-refractivity contribution in [1.29, 1.82) is 0 Å². The smallest absolute Gasteiger partial charge is 0.165 e. The van der Waals surface area contributed by atoms with Crippen molar-refractivity contribution in [2.75, 3.05) is 32.2 Å². The monoisotopic (exact) mass is 502 g/mol. The van der Waals surface area contributed by atoms with Gasteiger partial charge in [0.25, 0.3) is 0 Å². The van der Waals surface area contributed by atoms with Crippen LogP contribution < -0.4 is 5.32 Å². The molecule has 5 rings (SSSR count). The summed E-state index contributed by atoms with van der Waals surface area (Å²) in [4.78, 5) is 22.9. The minimum Gasteiger partial charge on any atom is -0.382 e. The van der Waals surface area contributed by atoms with Gasteiger partial charge in [0.2, 0.25) is 0 Å². The van der Waals surface area contributed by atoms with E-state index in [1.165, 1.54) is 11.3 Å². The number of anilines is 2. The molecule has 0 radical (unpaired) electrons. The van der Waals surface area contributed by atoms with Gasteiger partial charge in [-0.05, 0) is 42.0 Å². The number of fused-ring (bicyclic) bond motifs is 1. The van der Waals surface area contributed by atoms with E-state index < -0.39 is 0 Å². The zero-order chi connectivity index (χ0) is 25.1. The lowest BCUT2D eigenvalue weighted by Gasteiger charge is -2.21. The Bertz CT molecular complexity index is 1420. The molecule has 184 valence electrons. The summed E-state index contributed by atoms with van der Waals surface area (Å²) in [5, 5.41) is 4.75. The molecule has 1 aromatic carbocycles. The second kappa shape index (κ2) is 10.3. The SMILES string of the molecule is COCCOCc1nc(Nc2ccc(C(C)(C)C3=NC3)cc2)c2ccc(-c3ncccc3Cl)nc2n1. The minimum atomic E-state index is -0.0556. The maximum absolute atomic E-state index is 6.36. The van der Waals surface area contributed by atoms with Crippen LogP contribution in [0.15, 0.2) is 59.7 Å². The lowest BCUT2D eigenvalue weighted by molar-refractivity contribution is 0.0588. The third kappa shape index (κ3) is 5.21. The van der Waals surface area contributed by atoms with Gasteiger partial charge < -0.3 is 14.8 Å². The maximum atomic E-state index is 6.36. The first-order valence-electron chi connectivity index (χ1n) is 11.7. The van der Waals surface area contributed by atoms with E-state index in [4.69, 9.17) is 31.0 Å². The van der Waals surface area contributed by atoms with Crippen LogP contribution in [0, 0.1) is 0 Å². The number of pyridine rings is 2. The molecule has 1 aliphatic rings. The molecule has 1 N–H and O–H groups in total. The topological polar surface area (TPSA) is 94.4 Å². The van der Waals surface area contributed by atoms with E-state index >= 15 is 0 Å². The van der Waals surface area contributed by atoms with Crippen molar-refractivity contribution in [2.24, 2.45) is 4.99 Å². The van der Waals surface area contributed by atoms with Crippen molar-refractivity contribution in [3.63, 3.8) is 0 Å². The van der Waals surface area contributed by atoms with Crippen LogP contribution in [0.5, 0.6) is 0 Å². The third-order valence-corrected chi connectivity index (χ3v) is 6.48. The average molecular weight is 503 g/mol. The first kappa shape index (κ1) is 24.2. The quantitative estimate of drug-likeness (QED) is 0.291. The number of methoxy groups -OCH3 is 1. The Morgan fingerprint density at radius 3 is 2.53 bits per heavy atom. The van der Waals surface area contributed by atoms with Gasteiger partial charge in [-0.25, -0.2) is 15.0 Å². The highest BCUT2D eigenvalue weighted by molar-refractivity contribution is 6.32. The Morgan fingerprint density at radius 1 is 1.00 bits per heavy atom. The summed E-state index contributed by atoms with van der Waals surface area (Å²) in [6.07, 6.45) is 1.69. The minimum absolute atomic E-state index is 0.0556. The van der Waals surface area contributed by atoms with Crippen molar-refractivity contribution in [1.82, 2.24) is 19.9 Å². The summed E-state index contributed by atoms with van der Waals surface area (Å²) in [6, 6.07) is 15.7. The summed E-state index contributed by atoms with van der Waals surface area (Å²) < 4.78 is 10.7. The number of aliphatic imine (C=N–C) groups is 1. The molecule has 0 amide bonds. The number of hydrogen-bond acceptors (Lipinski definition) is 8. The molecule has 0 fully saturated rings. The highest BCUT2D eigenvalue weighted by atomic mass is 35.5. The van der Waals surface area contributed by atoms with Crippen molar-refractivity contribution in [3.8, 4) is 11.4 Å². The van der Waals surface area contributed by atoms with Crippen LogP contribution in [-0.4, -0.2) is 52.5 Å². The molecule has 0 unspecified atom stereocenters. The van der Waals surface area contributed by atoms with E-state index in [9.17, 15) is 0 Å². The van der Waals surface area contributed by atoms with Gasteiger partial charge in [0, 0.05) is 30.1 Å².